The van der Waals surface area contributed by atoms with Crippen LogP contribution in [0.2, 0.25) is 0 Å². The predicted molar refractivity (Wildman–Crippen MR) is 71.9 cm³/mol. The molecule has 1 N–H and O–H groups in total. The first kappa shape index (κ1) is 15.6. The molecule has 0 saturated heterocycles. The molecule has 0 heterocycles. The Labute approximate surface area is 111 Å². The number of ether oxygens (including phenoxy) is 2. The number of hydrogen-bond donors (Lipinski definition) is 1. The zero-order valence-electron chi connectivity index (χ0n) is 9.67. The van der Waals surface area contributed by atoms with Crippen molar-refractivity contribution >= 4 is 28.3 Å². The van der Waals surface area contributed by atoms with Crippen molar-refractivity contribution in [2.75, 3.05) is 20.8 Å². The van der Waals surface area contributed by atoms with Crippen molar-refractivity contribution in [1.29, 1.82) is 0 Å². The minimum atomic E-state index is 0. The molecule has 0 bridgehead atoms. The molecule has 16 heavy (non-hydrogen) atoms. The second-order valence-corrected chi connectivity index (χ2v) is 3.93. The summed E-state index contributed by atoms with van der Waals surface area (Å²) in [4.78, 5) is 0. The van der Waals surface area contributed by atoms with Gasteiger partial charge in [0.15, 0.2) is 11.5 Å². The Hall–Kier alpha value is -0.450. The lowest BCUT2D eigenvalue weighted by molar-refractivity contribution is 0.308. The van der Waals surface area contributed by atoms with Gasteiger partial charge >= 0.3 is 0 Å². The van der Waals surface area contributed by atoms with E-state index in [9.17, 15) is 0 Å². The third-order valence-electron chi connectivity index (χ3n) is 1.96. The van der Waals surface area contributed by atoms with Gasteiger partial charge in [-0.25, -0.2) is 0 Å². The van der Waals surface area contributed by atoms with Crippen molar-refractivity contribution in [3.63, 3.8) is 0 Å². The standard InChI is InChI=1S/C11H16BrNO2.ClH/c1-4-15-11-9(12)5-8(7-13-2)6-10(11)14-3;/h5-6,13H,4,7H2,1-3H3;1H. The van der Waals surface area contributed by atoms with Gasteiger partial charge in [0.25, 0.3) is 0 Å². The lowest BCUT2D eigenvalue weighted by Crippen LogP contribution is -2.06. The third-order valence-corrected chi connectivity index (χ3v) is 2.55. The normalized spacial score (nSPS) is 9.50. The fourth-order valence-corrected chi connectivity index (χ4v) is 1.97. The lowest BCUT2D eigenvalue weighted by Gasteiger charge is -2.13. The molecule has 1 rings (SSSR count). The van der Waals surface area contributed by atoms with Crippen molar-refractivity contribution < 1.29 is 9.47 Å². The van der Waals surface area contributed by atoms with Crippen molar-refractivity contribution in [2.45, 2.75) is 13.5 Å². The first-order valence-electron chi connectivity index (χ1n) is 4.86. The van der Waals surface area contributed by atoms with E-state index in [1.165, 1.54) is 0 Å². The van der Waals surface area contributed by atoms with Crippen molar-refractivity contribution in [3.05, 3.63) is 22.2 Å². The first-order chi connectivity index (χ1) is 7.22. The van der Waals surface area contributed by atoms with Gasteiger partial charge in [-0.15, -0.1) is 12.4 Å². The van der Waals surface area contributed by atoms with Gasteiger partial charge in [0.05, 0.1) is 18.2 Å². The Balaban J connectivity index is 0.00000225. The van der Waals surface area contributed by atoms with Gasteiger partial charge in [0.1, 0.15) is 0 Å². The van der Waals surface area contributed by atoms with Gasteiger partial charge < -0.3 is 14.8 Å². The summed E-state index contributed by atoms with van der Waals surface area (Å²) in [6, 6.07) is 4.01. The van der Waals surface area contributed by atoms with E-state index in [-0.39, 0.29) is 12.4 Å². The molecule has 1 aromatic carbocycles. The molecular weight excluding hydrogens is 293 g/mol. The van der Waals surface area contributed by atoms with Crippen LogP contribution in [0.4, 0.5) is 0 Å². The summed E-state index contributed by atoms with van der Waals surface area (Å²) in [5.41, 5.74) is 1.16. The molecule has 0 atom stereocenters. The summed E-state index contributed by atoms with van der Waals surface area (Å²) in [6.45, 7) is 3.38. The Morgan fingerprint density at radius 3 is 2.56 bits per heavy atom. The molecule has 0 unspecified atom stereocenters. The quantitative estimate of drug-likeness (QED) is 0.907. The number of hydrogen-bond acceptors (Lipinski definition) is 3. The molecule has 0 radical (unpaired) electrons. The van der Waals surface area contributed by atoms with Crippen LogP contribution in [0.3, 0.4) is 0 Å². The average Bonchev–Trinajstić information content (AvgIpc) is 2.22. The second kappa shape index (κ2) is 7.76. The highest BCUT2D eigenvalue weighted by Gasteiger charge is 2.10. The fourth-order valence-electron chi connectivity index (χ4n) is 1.36. The molecule has 5 heteroatoms. The van der Waals surface area contributed by atoms with Crippen LogP contribution in [0.1, 0.15) is 12.5 Å². The number of halogens is 2. The van der Waals surface area contributed by atoms with E-state index in [2.05, 4.69) is 21.2 Å². The molecule has 0 amide bonds. The molecule has 0 saturated carbocycles. The maximum Gasteiger partial charge on any atom is 0.175 e. The third kappa shape index (κ3) is 3.85. The first-order valence-corrected chi connectivity index (χ1v) is 5.66. The second-order valence-electron chi connectivity index (χ2n) is 3.07. The summed E-state index contributed by atoms with van der Waals surface area (Å²) in [5, 5.41) is 3.10. The smallest absolute Gasteiger partial charge is 0.175 e. The van der Waals surface area contributed by atoms with E-state index in [0.29, 0.717) is 6.61 Å². The molecule has 0 aliphatic heterocycles. The molecule has 92 valence electrons. The van der Waals surface area contributed by atoms with Crippen LogP contribution in [-0.2, 0) is 6.54 Å². The highest BCUT2D eigenvalue weighted by molar-refractivity contribution is 9.10. The lowest BCUT2D eigenvalue weighted by atomic mass is 10.2. The molecule has 1 aromatic rings. The molecule has 0 spiro atoms. The maximum absolute atomic E-state index is 5.50. The number of benzene rings is 1. The van der Waals surface area contributed by atoms with E-state index in [0.717, 1.165) is 28.1 Å². The Bertz CT molecular complexity index is 334. The van der Waals surface area contributed by atoms with Crippen LogP contribution >= 0.6 is 28.3 Å². The van der Waals surface area contributed by atoms with Crippen LogP contribution in [0.25, 0.3) is 0 Å². The van der Waals surface area contributed by atoms with Gasteiger partial charge in [-0.3, -0.25) is 0 Å². The summed E-state index contributed by atoms with van der Waals surface area (Å²) in [7, 11) is 3.56. The minimum absolute atomic E-state index is 0. The number of rotatable bonds is 5. The molecule has 0 aliphatic carbocycles. The van der Waals surface area contributed by atoms with E-state index in [1.54, 1.807) is 7.11 Å². The zero-order chi connectivity index (χ0) is 11.3. The van der Waals surface area contributed by atoms with Crippen LogP contribution < -0.4 is 14.8 Å². The Morgan fingerprint density at radius 1 is 1.38 bits per heavy atom. The zero-order valence-corrected chi connectivity index (χ0v) is 12.1. The van der Waals surface area contributed by atoms with E-state index in [4.69, 9.17) is 9.47 Å². The van der Waals surface area contributed by atoms with Crippen molar-refractivity contribution in [3.8, 4) is 11.5 Å². The maximum atomic E-state index is 5.50. The molecule has 0 fully saturated rings. The van der Waals surface area contributed by atoms with E-state index in [1.807, 2.05) is 26.1 Å². The van der Waals surface area contributed by atoms with Crippen molar-refractivity contribution in [2.24, 2.45) is 0 Å². The predicted octanol–water partition coefficient (Wildman–Crippen LogP) is 3.00. The topological polar surface area (TPSA) is 30.5 Å². The average molecular weight is 311 g/mol. The molecular formula is C11H17BrClNO2. The van der Waals surface area contributed by atoms with Gasteiger partial charge in [-0.1, -0.05) is 0 Å². The summed E-state index contributed by atoms with van der Waals surface area (Å²) in [5.74, 6) is 1.52. The van der Waals surface area contributed by atoms with E-state index >= 15 is 0 Å². The summed E-state index contributed by atoms with van der Waals surface area (Å²) < 4.78 is 11.7. The van der Waals surface area contributed by atoms with Gasteiger partial charge in [0.2, 0.25) is 0 Å². The number of nitrogens with one attached hydrogen (secondary N) is 1. The van der Waals surface area contributed by atoms with Gasteiger partial charge in [0, 0.05) is 6.54 Å². The Morgan fingerprint density at radius 2 is 2.06 bits per heavy atom. The minimum Gasteiger partial charge on any atom is -0.493 e. The fraction of sp³-hybridized carbons (Fsp3) is 0.455. The summed E-state index contributed by atoms with van der Waals surface area (Å²) in [6.07, 6.45) is 0. The summed E-state index contributed by atoms with van der Waals surface area (Å²) >= 11 is 3.48. The molecule has 0 aliphatic rings. The van der Waals surface area contributed by atoms with Crippen LogP contribution in [0.5, 0.6) is 11.5 Å². The van der Waals surface area contributed by atoms with Crippen LogP contribution in [-0.4, -0.2) is 20.8 Å². The SMILES string of the molecule is CCOc1c(Br)cc(CNC)cc1OC.Cl. The largest absolute Gasteiger partial charge is 0.493 e. The Kier molecular flexibility index (Phi) is 7.55. The van der Waals surface area contributed by atoms with Crippen LogP contribution in [0, 0.1) is 0 Å². The number of methoxy groups -OCH3 is 1. The van der Waals surface area contributed by atoms with Crippen LogP contribution in [0.15, 0.2) is 16.6 Å². The van der Waals surface area contributed by atoms with E-state index < -0.39 is 0 Å². The van der Waals surface area contributed by atoms with Gasteiger partial charge in [-0.05, 0) is 47.6 Å². The highest BCUT2D eigenvalue weighted by atomic mass is 79.9. The molecule has 0 aromatic heterocycles. The van der Waals surface area contributed by atoms with Crippen molar-refractivity contribution in [1.82, 2.24) is 5.32 Å². The van der Waals surface area contributed by atoms with Gasteiger partial charge in [-0.2, -0.15) is 0 Å². The highest BCUT2D eigenvalue weighted by Crippen LogP contribution is 2.36. The molecule has 3 nitrogen and oxygen atoms in total. The monoisotopic (exact) mass is 309 g/mol.